The first-order chi connectivity index (χ1) is 11.6. The molecule has 1 aliphatic rings. The Morgan fingerprint density at radius 1 is 1.38 bits per heavy atom. The maximum atomic E-state index is 13.6. The van der Waals surface area contributed by atoms with Crippen molar-refractivity contribution in [1.29, 1.82) is 0 Å². The van der Waals surface area contributed by atoms with Gasteiger partial charge in [0.25, 0.3) is 0 Å². The quantitative estimate of drug-likeness (QED) is 0.902. The zero-order valence-corrected chi connectivity index (χ0v) is 13.3. The van der Waals surface area contributed by atoms with Crippen LogP contribution < -0.4 is 5.32 Å². The number of nitrogens with one attached hydrogen (secondary N) is 2. The molecule has 7 heteroatoms. The minimum atomic E-state index is -0.600. The van der Waals surface area contributed by atoms with Crippen LogP contribution in [0.3, 0.4) is 0 Å². The van der Waals surface area contributed by atoms with Crippen LogP contribution in [-0.4, -0.2) is 34.2 Å². The smallest absolute Gasteiger partial charge is 0.317 e. The molecule has 1 fully saturated rings. The lowest BCUT2D eigenvalue weighted by Gasteiger charge is -2.35. The summed E-state index contributed by atoms with van der Waals surface area (Å²) in [7, 11) is 0. The van der Waals surface area contributed by atoms with Gasteiger partial charge in [0.2, 0.25) is 0 Å². The number of rotatable bonds is 4. The van der Waals surface area contributed by atoms with Gasteiger partial charge in [0.1, 0.15) is 11.6 Å². The topological polar surface area (TPSA) is 61.0 Å². The van der Waals surface area contributed by atoms with Crippen molar-refractivity contribution in [2.24, 2.45) is 0 Å². The molecule has 0 spiro atoms. The summed E-state index contributed by atoms with van der Waals surface area (Å²) >= 11 is 0. The molecule has 0 radical (unpaired) electrons. The molecule has 2 amide bonds. The highest BCUT2D eigenvalue weighted by molar-refractivity contribution is 5.74. The van der Waals surface area contributed by atoms with Crippen LogP contribution in [0.2, 0.25) is 0 Å². The number of aromatic amines is 1. The van der Waals surface area contributed by atoms with Crippen molar-refractivity contribution in [3.8, 4) is 0 Å². The predicted molar refractivity (Wildman–Crippen MR) is 85.3 cm³/mol. The van der Waals surface area contributed by atoms with Gasteiger partial charge in [0, 0.05) is 30.9 Å². The van der Waals surface area contributed by atoms with E-state index in [2.05, 4.69) is 15.5 Å². The van der Waals surface area contributed by atoms with Crippen LogP contribution in [0.4, 0.5) is 13.6 Å². The Kier molecular flexibility index (Phi) is 5.08. The number of halogens is 2. The van der Waals surface area contributed by atoms with Gasteiger partial charge in [-0.2, -0.15) is 5.10 Å². The molecule has 1 saturated heterocycles. The third-order valence-electron chi connectivity index (χ3n) is 4.35. The Hall–Kier alpha value is -2.44. The number of carbonyl (C=O) groups excluding carboxylic acids is 1. The van der Waals surface area contributed by atoms with Crippen molar-refractivity contribution < 1.29 is 13.6 Å². The average Bonchev–Trinajstić information content (AvgIpc) is 3.11. The van der Waals surface area contributed by atoms with Crippen molar-refractivity contribution >= 4 is 6.03 Å². The molecular formula is C17H20F2N4O. The molecule has 0 aliphatic carbocycles. The first-order valence-corrected chi connectivity index (χ1v) is 8.12. The Balaban J connectivity index is 1.57. The van der Waals surface area contributed by atoms with E-state index in [9.17, 15) is 13.6 Å². The molecule has 1 aromatic heterocycles. The van der Waals surface area contributed by atoms with E-state index in [0.717, 1.165) is 30.9 Å². The third-order valence-corrected chi connectivity index (χ3v) is 4.35. The number of hydrogen-bond donors (Lipinski definition) is 2. The number of likely N-dealkylation sites (tertiary alicyclic amines) is 1. The summed E-state index contributed by atoms with van der Waals surface area (Å²) in [5.41, 5.74) is 1.39. The van der Waals surface area contributed by atoms with Crippen LogP contribution in [0.15, 0.2) is 30.6 Å². The van der Waals surface area contributed by atoms with Crippen molar-refractivity contribution in [3.63, 3.8) is 0 Å². The molecule has 2 aromatic rings. The number of amides is 2. The fourth-order valence-electron chi connectivity index (χ4n) is 3.09. The molecular weight excluding hydrogens is 314 g/mol. The Morgan fingerprint density at radius 2 is 2.25 bits per heavy atom. The highest BCUT2D eigenvalue weighted by atomic mass is 19.1. The minimum absolute atomic E-state index is 0.0139. The van der Waals surface area contributed by atoms with Gasteiger partial charge >= 0.3 is 6.03 Å². The van der Waals surface area contributed by atoms with Gasteiger partial charge in [-0.05, 0) is 37.3 Å². The Bertz CT molecular complexity index is 690. The maximum absolute atomic E-state index is 13.6. The predicted octanol–water partition coefficient (Wildman–Crippen LogP) is 3.17. The van der Waals surface area contributed by atoms with Crippen LogP contribution in [0.1, 0.15) is 36.4 Å². The fourth-order valence-corrected chi connectivity index (χ4v) is 3.09. The molecule has 1 aliphatic heterocycles. The van der Waals surface area contributed by atoms with Gasteiger partial charge in [-0.3, -0.25) is 5.10 Å². The lowest BCUT2D eigenvalue weighted by Crippen LogP contribution is -2.45. The van der Waals surface area contributed by atoms with Crippen molar-refractivity contribution in [2.45, 2.75) is 31.7 Å². The van der Waals surface area contributed by atoms with Crippen molar-refractivity contribution in [3.05, 3.63) is 53.4 Å². The summed E-state index contributed by atoms with van der Waals surface area (Å²) in [6, 6.07) is 3.34. The van der Waals surface area contributed by atoms with Crippen LogP contribution in [-0.2, 0) is 6.42 Å². The highest BCUT2D eigenvalue weighted by Crippen LogP contribution is 2.30. The van der Waals surface area contributed by atoms with Gasteiger partial charge in [-0.15, -0.1) is 0 Å². The molecule has 128 valence electrons. The Labute approximate surface area is 139 Å². The Morgan fingerprint density at radius 3 is 3.00 bits per heavy atom. The molecule has 2 N–H and O–H groups in total. The molecule has 1 atom stereocenters. The number of benzene rings is 1. The maximum Gasteiger partial charge on any atom is 0.317 e. The number of hydrogen-bond acceptors (Lipinski definition) is 2. The molecule has 1 aromatic carbocycles. The standard InChI is InChI=1S/C17H20F2N4O/c18-14-5-4-12(15(19)9-14)6-7-20-17(24)23-8-2-1-3-16(23)13-10-21-22-11-13/h4-5,9-11,16H,1-3,6-8H2,(H,20,24)(H,21,22)/t16-/m1/s1. The SMILES string of the molecule is O=C(NCCc1ccc(F)cc1F)N1CCCC[C@@H]1c1cn[nH]c1. The zero-order valence-electron chi connectivity index (χ0n) is 13.3. The van der Waals surface area contributed by atoms with Crippen LogP contribution >= 0.6 is 0 Å². The molecule has 0 bridgehead atoms. The second-order valence-corrected chi connectivity index (χ2v) is 5.95. The van der Waals surface area contributed by atoms with Gasteiger partial charge in [-0.1, -0.05) is 6.07 Å². The lowest BCUT2D eigenvalue weighted by molar-refractivity contribution is 0.151. The third kappa shape index (κ3) is 3.72. The van der Waals surface area contributed by atoms with E-state index >= 15 is 0 Å². The van der Waals surface area contributed by atoms with E-state index in [4.69, 9.17) is 0 Å². The second-order valence-electron chi connectivity index (χ2n) is 5.95. The van der Waals surface area contributed by atoms with E-state index in [1.807, 2.05) is 6.20 Å². The minimum Gasteiger partial charge on any atom is -0.338 e. The van der Waals surface area contributed by atoms with Gasteiger partial charge in [-0.25, -0.2) is 13.6 Å². The summed E-state index contributed by atoms with van der Waals surface area (Å²) in [5, 5.41) is 9.57. The molecule has 0 saturated carbocycles. The fraction of sp³-hybridized carbons (Fsp3) is 0.412. The first kappa shape index (κ1) is 16.4. The van der Waals surface area contributed by atoms with Crippen molar-refractivity contribution in [1.82, 2.24) is 20.4 Å². The number of piperidine rings is 1. The van der Waals surface area contributed by atoms with Crippen LogP contribution in [0, 0.1) is 11.6 Å². The van der Waals surface area contributed by atoms with Gasteiger partial charge in [0.05, 0.1) is 12.2 Å². The summed E-state index contributed by atoms with van der Waals surface area (Å²) in [6.45, 7) is 0.989. The van der Waals surface area contributed by atoms with Gasteiger partial charge < -0.3 is 10.2 Å². The lowest BCUT2D eigenvalue weighted by atomic mass is 9.98. The molecule has 24 heavy (non-hydrogen) atoms. The normalized spacial score (nSPS) is 17.8. The second kappa shape index (κ2) is 7.42. The van der Waals surface area contributed by atoms with E-state index in [1.165, 1.54) is 12.1 Å². The summed E-state index contributed by atoms with van der Waals surface area (Å²) in [4.78, 5) is 14.3. The van der Waals surface area contributed by atoms with E-state index in [0.29, 0.717) is 25.1 Å². The number of urea groups is 1. The van der Waals surface area contributed by atoms with Crippen LogP contribution in [0.5, 0.6) is 0 Å². The molecule has 0 unspecified atom stereocenters. The first-order valence-electron chi connectivity index (χ1n) is 8.12. The van der Waals surface area contributed by atoms with E-state index in [-0.39, 0.29) is 12.1 Å². The van der Waals surface area contributed by atoms with Gasteiger partial charge in [0.15, 0.2) is 0 Å². The zero-order chi connectivity index (χ0) is 16.9. The molecule has 5 nitrogen and oxygen atoms in total. The number of H-pyrrole nitrogens is 1. The monoisotopic (exact) mass is 334 g/mol. The summed E-state index contributed by atoms with van der Waals surface area (Å²) < 4.78 is 26.5. The number of nitrogens with zero attached hydrogens (tertiary/aromatic N) is 2. The molecule has 2 heterocycles. The largest absolute Gasteiger partial charge is 0.338 e. The van der Waals surface area contributed by atoms with E-state index < -0.39 is 11.6 Å². The van der Waals surface area contributed by atoms with Crippen molar-refractivity contribution in [2.75, 3.05) is 13.1 Å². The summed E-state index contributed by atoms with van der Waals surface area (Å²) in [6.07, 6.45) is 6.81. The number of aromatic nitrogens is 2. The number of carbonyl (C=O) groups is 1. The highest BCUT2D eigenvalue weighted by Gasteiger charge is 2.28. The van der Waals surface area contributed by atoms with E-state index in [1.54, 1.807) is 11.1 Å². The summed E-state index contributed by atoms with van der Waals surface area (Å²) in [5.74, 6) is -1.19. The molecule has 3 rings (SSSR count). The van der Waals surface area contributed by atoms with Crippen LogP contribution in [0.25, 0.3) is 0 Å². The average molecular weight is 334 g/mol.